The lowest BCUT2D eigenvalue weighted by molar-refractivity contribution is 0.0949. The number of rotatable bonds is 7. The van der Waals surface area contributed by atoms with E-state index in [1.54, 1.807) is 61.2 Å². The van der Waals surface area contributed by atoms with Crippen LogP contribution in [0.3, 0.4) is 0 Å². The Labute approximate surface area is 175 Å². The second-order valence-corrected chi connectivity index (χ2v) is 8.58. The highest BCUT2D eigenvalue weighted by atomic mass is 35.5. The number of halogens is 1. The van der Waals surface area contributed by atoms with Crippen LogP contribution < -0.4 is 4.72 Å². The number of allylic oxidation sites excluding steroid dienone is 2. The van der Waals surface area contributed by atoms with Gasteiger partial charge in [0, 0.05) is 35.8 Å². The quantitative estimate of drug-likeness (QED) is 0.725. The van der Waals surface area contributed by atoms with E-state index in [9.17, 15) is 18.0 Å². The minimum absolute atomic E-state index is 0.0894. The zero-order valence-electron chi connectivity index (χ0n) is 16.1. The van der Waals surface area contributed by atoms with E-state index < -0.39 is 26.5 Å². The standard InChI is InChI=1S/C21H21ClN2O4S/c1-3-24(4-2)18-19(25)15-10-6-7-11-16(15)20(26)21(18)29(27,28)23-13-14-9-5-8-12-17(14)22/h5-12,23H,3-4,13H2,1-2H3. The topological polar surface area (TPSA) is 83.6 Å². The summed E-state index contributed by atoms with van der Waals surface area (Å²) in [5.41, 5.74) is 0.777. The summed E-state index contributed by atoms with van der Waals surface area (Å²) in [4.78, 5) is 27.4. The zero-order valence-corrected chi connectivity index (χ0v) is 17.7. The molecule has 1 aliphatic carbocycles. The van der Waals surface area contributed by atoms with E-state index in [0.29, 0.717) is 23.7 Å². The highest BCUT2D eigenvalue weighted by molar-refractivity contribution is 7.94. The first kappa shape index (κ1) is 21.2. The summed E-state index contributed by atoms with van der Waals surface area (Å²) in [7, 11) is -4.28. The molecular weight excluding hydrogens is 412 g/mol. The maximum absolute atomic E-state index is 13.2. The molecule has 2 aromatic carbocycles. The van der Waals surface area contributed by atoms with Gasteiger partial charge >= 0.3 is 0 Å². The van der Waals surface area contributed by atoms with Gasteiger partial charge in [0.25, 0.3) is 0 Å². The number of nitrogens with one attached hydrogen (secondary N) is 1. The van der Waals surface area contributed by atoms with Crippen molar-refractivity contribution in [2.24, 2.45) is 0 Å². The summed E-state index contributed by atoms with van der Waals surface area (Å²) >= 11 is 6.11. The molecule has 2 aromatic rings. The Kier molecular flexibility index (Phi) is 6.21. The van der Waals surface area contributed by atoms with Gasteiger partial charge in [-0.1, -0.05) is 54.1 Å². The maximum Gasteiger partial charge on any atom is 0.247 e. The van der Waals surface area contributed by atoms with Gasteiger partial charge in [0.1, 0.15) is 5.70 Å². The maximum atomic E-state index is 13.2. The van der Waals surface area contributed by atoms with Crippen LogP contribution in [0.25, 0.3) is 0 Å². The number of benzene rings is 2. The third-order valence-electron chi connectivity index (χ3n) is 4.81. The molecule has 8 heteroatoms. The molecule has 0 heterocycles. The Hall–Kier alpha value is -2.48. The molecule has 0 atom stereocenters. The second-order valence-electron chi connectivity index (χ2n) is 6.47. The van der Waals surface area contributed by atoms with Crippen LogP contribution in [-0.4, -0.2) is 38.0 Å². The third-order valence-corrected chi connectivity index (χ3v) is 6.62. The van der Waals surface area contributed by atoms with Gasteiger partial charge < -0.3 is 4.90 Å². The van der Waals surface area contributed by atoms with E-state index >= 15 is 0 Å². The normalized spacial score (nSPS) is 14.2. The molecule has 0 amide bonds. The summed E-state index contributed by atoms with van der Waals surface area (Å²) in [6.45, 7) is 4.28. The van der Waals surface area contributed by atoms with Crippen LogP contribution in [0.4, 0.5) is 0 Å². The monoisotopic (exact) mass is 432 g/mol. The molecule has 0 saturated heterocycles. The smallest absolute Gasteiger partial charge is 0.247 e. The summed E-state index contributed by atoms with van der Waals surface area (Å²) in [6, 6.07) is 13.1. The molecule has 0 fully saturated rings. The molecule has 0 aliphatic heterocycles. The van der Waals surface area contributed by atoms with Gasteiger partial charge in [-0.25, -0.2) is 13.1 Å². The van der Waals surface area contributed by atoms with E-state index in [1.165, 1.54) is 6.07 Å². The number of hydrogen-bond donors (Lipinski definition) is 1. The van der Waals surface area contributed by atoms with E-state index in [2.05, 4.69) is 4.72 Å². The van der Waals surface area contributed by atoms with E-state index in [1.807, 2.05) is 0 Å². The second kappa shape index (κ2) is 8.49. The number of Topliss-reactive ketones (excluding diaryl/α,β-unsaturated/α-hetero) is 2. The first-order valence-corrected chi connectivity index (χ1v) is 11.1. The Balaban J connectivity index is 2.10. The number of sulfonamides is 1. The molecule has 0 radical (unpaired) electrons. The van der Waals surface area contributed by atoms with Gasteiger partial charge in [0.15, 0.2) is 4.91 Å². The minimum Gasteiger partial charge on any atom is -0.368 e. The van der Waals surface area contributed by atoms with Gasteiger partial charge in [-0.3, -0.25) is 9.59 Å². The summed E-state index contributed by atoms with van der Waals surface area (Å²) in [5.74, 6) is -1.16. The minimum atomic E-state index is -4.28. The van der Waals surface area contributed by atoms with Crippen LogP contribution in [0.5, 0.6) is 0 Å². The van der Waals surface area contributed by atoms with E-state index in [4.69, 9.17) is 11.6 Å². The number of carbonyl (C=O) groups excluding carboxylic acids is 2. The van der Waals surface area contributed by atoms with Gasteiger partial charge in [-0.2, -0.15) is 0 Å². The van der Waals surface area contributed by atoms with Crippen molar-refractivity contribution in [2.45, 2.75) is 20.4 Å². The molecule has 1 aliphatic rings. The van der Waals surface area contributed by atoms with Crippen molar-refractivity contribution in [1.82, 2.24) is 9.62 Å². The third kappa shape index (κ3) is 3.99. The SMILES string of the molecule is CCN(CC)C1=C(S(=O)(=O)NCc2ccccc2Cl)C(=O)c2ccccc2C1=O. The predicted octanol–water partition coefficient (Wildman–Crippen LogP) is 3.39. The molecule has 29 heavy (non-hydrogen) atoms. The first-order valence-electron chi connectivity index (χ1n) is 9.22. The summed E-state index contributed by atoms with van der Waals surface area (Å²) in [5, 5.41) is 0.407. The van der Waals surface area contributed by atoms with Gasteiger partial charge in [0.05, 0.1) is 0 Å². The average Bonchev–Trinajstić information content (AvgIpc) is 2.71. The Morgan fingerprint density at radius 1 is 0.897 bits per heavy atom. The van der Waals surface area contributed by atoms with Crippen molar-refractivity contribution in [3.8, 4) is 0 Å². The highest BCUT2D eigenvalue weighted by Crippen LogP contribution is 2.31. The molecule has 3 rings (SSSR count). The lowest BCUT2D eigenvalue weighted by Crippen LogP contribution is -2.39. The molecule has 0 saturated carbocycles. The lowest BCUT2D eigenvalue weighted by Gasteiger charge is -2.29. The number of nitrogens with zero attached hydrogens (tertiary/aromatic N) is 1. The number of ketones is 2. The van der Waals surface area contributed by atoms with Crippen molar-refractivity contribution in [3.05, 3.63) is 80.8 Å². The van der Waals surface area contributed by atoms with Crippen LogP contribution in [0, 0.1) is 0 Å². The Morgan fingerprint density at radius 2 is 1.45 bits per heavy atom. The van der Waals surface area contributed by atoms with Gasteiger partial charge in [-0.15, -0.1) is 0 Å². The zero-order chi connectivity index (χ0) is 21.2. The van der Waals surface area contributed by atoms with Crippen molar-refractivity contribution in [1.29, 1.82) is 0 Å². The van der Waals surface area contributed by atoms with Crippen LogP contribution in [0.2, 0.25) is 5.02 Å². The fourth-order valence-electron chi connectivity index (χ4n) is 3.30. The largest absolute Gasteiger partial charge is 0.368 e. The highest BCUT2D eigenvalue weighted by Gasteiger charge is 2.40. The number of carbonyl (C=O) groups is 2. The van der Waals surface area contributed by atoms with Crippen LogP contribution in [-0.2, 0) is 16.6 Å². The van der Waals surface area contributed by atoms with E-state index in [0.717, 1.165) is 0 Å². The predicted molar refractivity (Wildman–Crippen MR) is 112 cm³/mol. The molecular formula is C21H21ClN2O4S. The van der Waals surface area contributed by atoms with Crippen molar-refractivity contribution >= 4 is 33.2 Å². The number of hydrogen-bond acceptors (Lipinski definition) is 5. The fraction of sp³-hybridized carbons (Fsp3) is 0.238. The molecule has 0 bridgehead atoms. The van der Waals surface area contributed by atoms with Crippen LogP contribution in [0.1, 0.15) is 40.1 Å². The van der Waals surface area contributed by atoms with Crippen molar-refractivity contribution in [3.63, 3.8) is 0 Å². The Morgan fingerprint density at radius 3 is 2.03 bits per heavy atom. The van der Waals surface area contributed by atoms with Crippen LogP contribution in [0.15, 0.2) is 59.1 Å². The van der Waals surface area contributed by atoms with Crippen molar-refractivity contribution in [2.75, 3.05) is 13.1 Å². The molecule has 6 nitrogen and oxygen atoms in total. The molecule has 1 N–H and O–H groups in total. The summed E-state index contributed by atoms with van der Waals surface area (Å²) in [6.07, 6.45) is 0. The molecule has 0 aromatic heterocycles. The van der Waals surface area contributed by atoms with Gasteiger partial charge in [-0.05, 0) is 25.5 Å². The summed E-state index contributed by atoms with van der Waals surface area (Å²) < 4.78 is 28.8. The lowest BCUT2D eigenvalue weighted by atomic mass is 9.92. The molecule has 152 valence electrons. The molecule has 0 spiro atoms. The number of likely N-dealkylation sites (N-methyl/N-ethyl adjacent to an activating group) is 1. The van der Waals surface area contributed by atoms with Crippen LogP contribution >= 0.6 is 11.6 Å². The van der Waals surface area contributed by atoms with Crippen molar-refractivity contribution < 1.29 is 18.0 Å². The Bertz CT molecular complexity index is 1110. The van der Waals surface area contributed by atoms with E-state index in [-0.39, 0.29) is 23.4 Å². The molecule has 0 unspecified atom stereocenters. The fourth-order valence-corrected chi connectivity index (χ4v) is 4.83. The average molecular weight is 433 g/mol. The van der Waals surface area contributed by atoms with Gasteiger partial charge in [0.2, 0.25) is 21.6 Å². The first-order chi connectivity index (χ1) is 13.8. The number of fused-ring (bicyclic) bond motifs is 1.